The molecular weight excluding hydrogens is 382 g/mol. The standard InChI is InChI=1S/C20H24BrNO3/c1-4-5-10-24-18-9-7-6-8-17(18)22-19(23)13-25-20-14(2)11-16(21)12-15(20)3/h6-9,11-12H,4-5,10,13H2,1-3H3,(H,22,23). The summed E-state index contributed by atoms with van der Waals surface area (Å²) < 4.78 is 12.5. The predicted molar refractivity (Wildman–Crippen MR) is 105 cm³/mol. The highest BCUT2D eigenvalue weighted by Gasteiger charge is 2.11. The third kappa shape index (κ3) is 5.78. The first-order chi connectivity index (χ1) is 12.0. The Kier molecular flexibility index (Phi) is 7.31. The van der Waals surface area contributed by atoms with Crippen LogP contribution in [-0.4, -0.2) is 19.1 Å². The van der Waals surface area contributed by atoms with Crippen LogP contribution < -0.4 is 14.8 Å². The van der Waals surface area contributed by atoms with Gasteiger partial charge in [0, 0.05) is 4.47 Å². The Morgan fingerprint density at radius 2 is 1.80 bits per heavy atom. The molecule has 0 saturated heterocycles. The minimum atomic E-state index is -0.215. The van der Waals surface area contributed by atoms with E-state index in [4.69, 9.17) is 9.47 Å². The summed E-state index contributed by atoms with van der Waals surface area (Å²) >= 11 is 3.46. The van der Waals surface area contributed by atoms with Gasteiger partial charge in [0.25, 0.3) is 5.91 Å². The molecule has 0 spiro atoms. The van der Waals surface area contributed by atoms with Crippen LogP contribution in [0.5, 0.6) is 11.5 Å². The van der Waals surface area contributed by atoms with Crippen LogP contribution in [0.15, 0.2) is 40.9 Å². The average Bonchev–Trinajstić information content (AvgIpc) is 2.55. The number of anilines is 1. The lowest BCUT2D eigenvalue weighted by atomic mass is 10.1. The van der Waals surface area contributed by atoms with Gasteiger partial charge in [0.15, 0.2) is 6.61 Å². The molecular formula is C20H24BrNO3. The van der Waals surface area contributed by atoms with E-state index in [-0.39, 0.29) is 12.5 Å². The first-order valence-corrected chi connectivity index (χ1v) is 9.21. The smallest absolute Gasteiger partial charge is 0.262 e. The quantitative estimate of drug-likeness (QED) is 0.609. The summed E-state index contributed by atoms with van der Waals surface area (Å²) in [7, 11) is 0. The molecule has 0 unspecified atom stereocenters. The van der Waals surface area contributed by atoms with Gasteiger partial charge in [0.1, 0.15) is 11.5 Å². The molecule has 0 bridgehead atoms. The Labute approximate surface area is 157 Å². The van der Waals surface area contributed by atoms with Gasteiger partial charge in [-0.1, -0.05) is 41.4 Å². The van der Waals surface area contributed by atoms with Gasteiger partial charge in [-0.2, -0.15) is 0 Å². The van der Waals surface area contributed by atoms with E-state index in [1.165, 1.54) is 0 Å². The maximum Gasteiger partial charge on any atom is 0.262 e. The van der Waals surface area contributed by atoms with Gasteiger partial charge in [-0.3, -0.25) is 4.79 Å². The number of carbonyl (C=O) groups excluding carboxylic acids is 1. The Morgan fingerprint density at radius 3 is 2.48 bits per heavy atom. The van der Waals surface area contributed by atoms with Gasteiger partial charge in [0.05, 0.1) is 12.3 Å². The molecule has 0 heterocycles. The molecule has 2 aromatic carbocycles. The highest BCUT2D eigenvalue weighted by atomic mass is 79.9. The van der Waals surface area contributed by atoms with Gasteiger partial charge in [0.2, 0.25) is 0 Å². The molecule has 25 heavy (non-hydrogen) atoms. The number of nitrogens with one attached hydrogen (secondary N) is 1. The number of aryl methyl sites for hydroxylation is 2. The summed E-state index contributed by atoms with van der Waals surface area (Å²) in [5, 5.41) is 2.86. The molecule has 0 fully saturated rings. The van der Waals surface area contributed by atoms with E-state index in [9.17, 15) is 4.79 Å². The Hall–Kier alpha value is -2.01. The summed E-state index contributed by atoms with van der Waals surface area (Å²) in [5.74, 6) is 1.21. The molecule has 0 aliphatic heterocycles. The average molecular weight is 406 g/mol. The third-order valence-electron chi connectivity index (χ3n) is 3.69. The second-order valence-corrected chi connectivity index (χ2v) is 6.82. The van der Waals surface area contributed by atoms with E-state index in [2.05, 4.69) is 28.2 Å². The number of halogens is 1. The number of rotatable bonds is 8. The number of amides is 1. The summed E-state index contributed by atoms with van der Waals surface area (Å²) in [5.41, 5.74) is 2.64. The van der Waals surface area contributed by atoms with Crippen LogP contribution in [0.2, 0.25) is 0 Å². The van der Waals surface area contributed by atoms with Crippen LogP contribution >= 0.6 is 15.9 Å². The number of unbranched alkanes of at least 4 members (excludes halogenated alkanes) is 1. The zero-order valence-corrected chi connectivity index (χ0v) is 16.5. The van der Waals surface area contributed by atoms with Crippen molar-refractivity contribution in [1.29, 1.82) is 0 Å². The van der Waals surface area contributed by atoms with E-state index in [0.29, 0.717) is 18.0 Å². The lowest BCUT2D eigenvalue weighted by molar-refractivity contribution is -0.118. The van der Waals surface area contributed by atoms with Crippen LogP contribution in [0.4, 0.5) is 5.69 Å². The maximum atomic E-state index is 12.3. The second kappa shape index (κ2) is 9.47. The molecule has 5 heteroatoms. The molecule has 0 aliphatic rings. The molecule has 0 aliphatic carbocycles. The van der Waals surface area contributed by atoms with Gasteiger partial charge in [-0.15, -0.1) is 0 Å². The first kappa shape index (κ1) is 19.3. The second-order valence-electron chi connectivity index (χ2n) is 5.90. The van der Waals surface area contributed by atoms with Crippen LogP contribution in [0.25, 0.3) is 0 Å². The lowest BCUT2D eigenvalue weighted by Crippen LogP contribution is -2.21. The summed E-state index contributed by atoms with van der Waals surface area (Å²) in [6.07, 6.45) is 2.04. The van der Waals surface area contributed by atoms with Crippen molar-refractivity contribution in [1.82, 2.24) is 0 Å². The van der Waals surface area contributed by atoms with E-state index >= 15 is 0 Å². The third-order valence-corrected chi connectivity index (χ3v) is 4.15. The van der Waals surface area contributed by atoms with Crippen molar-refractivity contribution in [2.75, 3.05) is 18.5 Å². The molecule has 4 nitrogen and oxygen atoms in total. The molecule has 0 radical (unpaired) electrons. The van der Waals surface area contributed by atoms with E-state index in [1.54, 1.807) is 0 Å². The zero-order valence-electron chi connectivity index (χ0n) is 14.9. The van der Waals surface area contributed by atoms with Crippen molar-refractivity contribution in [3.05, 3.63) is 52.0 Å². The summed E-state index contributed by atoms with van der Waals surface area (Å²) in [6.45, 7) is 6.62. The minimum Gasteiger partial charge on any atom is -0.491 e. The number of ether oxygens (including phenoxy) is 2. The number of hydrogen-bond acceptors (Lipinski definition) is 3. The molecule has 2 aromatic rings. The van der Waals surface area contributed by atoms with Crippen molar-refractivity contribution < 1.29 is 14.3 Å². The van der Waals surface area contributed by atoms with Crippen LogP contribution in [0.1, 0.15) is 30.9 Å². The van der Waals surface area contributed by atoms with Crippen LogP contribution in [0.3, 0.4) is 0 Å². The largest absolute Gasteiger partial charge is 0.491 e. The van der Waals surface area contributed by atoms with Crippen molar-refractivity contribution in [3.63, 3.8) is 0 Å². The molecule has 134 valence electrons. The lowest BCUT2D eigenvalue weighted by Gasteiger charge is -2.14. The number of carbonyl (C=O) groups is 1. The highest BCUT2D eigenvalue weighted by molar-refractivity contribution is 9.10. The van der Waals surface area contributed by atoms with Crippen molar-refractivity contribution in [3.8, 4) is 11.5 Å². The number of benzene rings is 2. The fraction of sp³-hybridized carbons (Fsp3) is 0.350. The maximum absolute atomic E-state index is 12.3. The molecule has 1 amide bonds. The number of para-hydroxylation sites is 2. The van der Waals surface area contributed by atoms with Gasteiger partial charge >= 0.3 is 0 Å². The fourth-order valence-electron chi connectivity index (χ4n) is 2.47. The van der Waals surface area contributed by atoms with Crippen molar-refractivity contribution in [2.45, 2.75) is 33.6 Å². The predicted octanol–water partition coefficient (Wildman–Crippen LogP) is 5.26. The Bertz CT molecular complexity index is 708. The topological polar surface area (TPSA) is 47.6 Å². The van der Waals surface area contributed by atoms with Gasteiger partial charge < -0.3 is 14.8 Å². The Morgan fingerprint density at radius 1 is 1.12 bits per heavy atom. The van der Waals surface area contributed by atoms with Gasteiger partial charge in [-0.25, -0.2) is 0 Å². The summed E-state index contributed by atoms with van der Waals surface area (Å²) in [4.78, 5) is 12.3. The van der Waals surface area contributed by atoms with Crippen LogP contribution in [-0.2, 0) is 4.79 Å². The van der Waals surface area contributed by atoms with E-state index in [1.807, 2.05) is 50.2 Å². The Balaban J connectivity index is 1.97. The molecule has 0 aromatic heterocycles. The van der Waals surface area contributed by atoms with Crippen molar-refractivity contribution >= 4 is 27.5 Å². The van der Waals surface area contributed by atoms with Gasteiger partial charge in [-0.05, 0) is 55.7 Å². The molecule has 0 saturated carbocycles. The summed E-state index contributed by atoms with van der Waals surface area (Å²) in [6, 6.07) is 11.4. The van der Waals surface area contributed by atoms with E-state index < -0.39 is 0 Å². The monoisotopic (exact) mass is 405 g/mol. The normalized spacial score (nSPS) is 10.4. The highest BCUT2D eigenvalue weighted by Crippen LogP contribution is 2.28. The molecule has 0 atom stereocenters. The molecule has 1 N–H and O–H groups in total. The van der Waals surface area contributed by atoms with Crippen LogP contribution in [0, 0.1) is 13.8 Å². The fourth-order valence-corrected chi connectivity index (χ4v) is 3.16. The number of hydrogen-bond donors (Lipinski definition) is 1. The zero-order chi connectivity index (χ0) is 18.2. The van der Waals surface area contributed by atoms with Crippen molar-refractivity contribution in [2.24, 2.45) is 0 Å². The minimum absolute atomic E-state index is 0.0490. The first-order valence-electron chi connectivity index (χ1n) is 8.42. The van der Waals surface area contributed by atoms with E-state index in [0.717, 1.165) is 34.2 Å². The molecule has 2 rings (SSSR count). The SMILES string of the molecule is CCCCOc1ccccc1NC(=O)COc1c(C)cc(Br)cc1C.